The zero-order valence-corrected chi connectivity index (χ0v) is 14.1. The Bertz CT molecular complexity index is 671. The van der Waals surface area contributed by atoms with Crippen LogP contribution in [0.3, 0.4) is 0 Å². The first-order chi connectivity index (χ1) is 11.7. The predicted molar refractivity (Wildman–Crippen MR) is 91.9 cm³/mol. The Morgan fingerprint density at radius 3 is 3.04 bits per heavy atom. The molecule has 7 heteroatoms. The van der Waals surface area contributed by atoms with Gasteiger partial charge in [-0.15, -0.1) is 0 Å². The fourth-order valence-corrected chi connectivity index (χ4v) is 2.95. The Kier molecular flexibility index (Phi) is 5.72. The van der Waals surface area contributed by atoms with E-state index in [2.05, 4.69) is 20.8 Å². The molecule has 128 valence electrons. The van der Waals surface area contributed by atoms with Gasteiger partial charge in [-0.05, 0) is 42.5 Å². The maximum Gasteiger partial charge on any atom is 0.315 e. The van der Waals surface area contributed by atoms with Crippen molar-refractivity contribution in [1.29, 1.82) is 0 Å². The van der Waals surface area contributed by atoms with E-state index in [1.807, 2.05) is 30.5 Å². The van der Waals surface area contributed by atoms with E-state index >= 15 is 0 Å². The van der Waals surface area contributed by atoms with Crippen LogP contribution < -0.4 is 10.6 Å². The number of carbonyl (C=O) groups is 1. The Hall–Kier alpha value is -2.05. The number of carbonyl (C=O) groups excluding carboxylic acids is 1. The van der Waals surface area contributed by atoms with E-state index in [1.165, 1.54) is 5.56 Å². The van der Waals surface area contributed by atoms with Gasteiger partial charge in [0, 0.05) is 11.6 Å². The molecule has 3 N–H and O–H groups in total. The molecule has 1 aliphatic carbocycles. The Morgan fingerprint density at radius 2 is 2.21 bits per heavy atom. The van der Waals surface area contributed by atoms with Crippen LogP contribution in [-0.2, 0) is 17.8 Å². The van der Waals surface area contributed by atoms with Crippen molar-refractivity contribution in [3.8, 4) is 0 Å². The number of rotatable bonds is 6. The number of hydrogen-bond acceptors (Lipinski definition) is 3. The highest BCUT2D eigenvalue weighted by Crippen LogP contribution is 2.27. The summed E-state index contributed by atoms with van der Waals surface area (Å²) in [4.78, 5) is 12.0. The minimum Gasteiger partial charge on any atom is -0.375 e. The lowest BCUT2D eigenvalue weighted by molar-refractivity contribution is 0.123. The van der Waals surface area contributed by atoms with Crippen molar-refractivity contribution < 1.29 is 9.53 Å². The van der Waals surface area contributed by atoms with Crippen LogP contribution in [0.25, 0.3) is 0 Å². The lowest BCUT2D eigenvalue weighted by Gasteiger charge is -2.23. The van der Waals surface area contributed by atoms with Crippen molar-refractivity contribution in [2.45, 2.75) is 31.9 Å². The van der Waals surface area contributed by atoms with Gasteiger partial charge in [0.2, 0.25) is 0 Å². The van der Waals surface area contributed by atoms with Crippen LogP contribution >= 0.6 is 11.6 Å². The third kappa shape index (κ3) is 4.49. The molecule has 1 aromatic heterocycles. The summed E-state index contributed by atoms with van der Waals surface area (Å²) in [5.41, 5.74) is 3.27. The summed E-state index contributed by atoms with van der Waals surface area (Å²) >= 11 is 5.83. The lowest BCUT2D eigenvalue weighted by atomic mass is 9.94. The van der Waals surface area contributed by atoms with Crippen LogP contribution in [0.1, 0.15) is 35.7 Å². The van der Waals surface area contributed by atoms with Crippen LogP contribution in [0.5, 0.6) is 0 Å². The smallest absolute Gasteiger partial charge is 0.315 e. The number of urea groups is 1. The molecule has 0 saturated heterocycles. The molecular weight excluding hydrogens is 328 g/mol. The van der Waals surface area contributed by atoms with Crippen molar-refractivity contribution in [1.82, 2.24) is 20.8 Å². The maximum absolute atomic E-state index is 12.0. The highest BCUT2D eigenvalue weighted by molar-refractivity contribution is 6.30. The molecule has 24 heavy (non-hydrogen) atoms. The fraction of sp³-hybridized carbons (Fsp3) is 0.412. The molecule has 1 aromatic carbocycles. The molecule has 1 aliphatic rings. The van der Waals surface area contributed by atoms with Gasteiger partial charge in [0.25, 0.3) is 0 Å². The topological polar surface area (TPSA) is 79.0 Å². The van der Waals surface area contributed by atoms with E-state index < -0.39 is 0 Å². The lowest BCUT2D eigenvalue weighted by Crippen LogP contribution is -2.40. The fourth-order valence-electron chi connectivity index (χ4n) is 2.82. The third-order valence-corrected chi connectivity index (χ3v) is 4.31. The highest BCUT2D eigenvalue weighted by atomic mass is 35.5. The second kappa shape index (κ2) is 8.17. The SMILES string of the molecule is O=C(NCCOCc1ccc(Cl)cc1)N[C@H]1CCCc2cn[nH]c21. The van der Waals surface area contributed by atoms with E-state index in [-0.39, 0.29) is 12.1 Å². The summed E-state index contributed by atoms with van der Waals surface area (Å²) in [6.07, 6.45) is 4.84. The Labute approximate surface area is 145 Å². The van der Waals surface area contributed by atoms with Gasteiger partial charge >= 0.3 is 6.03 Å². The number of aromatic nitrogens is 2. The van der Waals surface area contributed by atoms with Crippen LogP contribution in [0.4, 0.5) is 4.79 Å². The molecule has 1 atom stereocenters. The van der Waals surface area contributed by atoms with Gasteiger partial charge < -0.3 is 15.4 Å². The van der Waals surface area contributed by atoms with Crippen LogP contribution in [-0.4, -0.2) is 29.4 Å². The maximum atomic E-state index is 12.0. The number of nitrogens with one attached hydrogen (secondary N) is 3. The minimum absolute atomic E-state index is 0.00577. The molecule has 1 heterocycles. The predicted octanol–water partition coefficient (Wildman–Crippen LogP) is 2.96. The molecule has 2 amide bonds. The molecule has 3 rings (SSSR count). The zero-order chi connectivity index (χ0) is 16.8. The number of ether oxygens (including phenoxy) is 1. The van der Waals surface area contributed by atoms with Crippen LogP contribution in [0.2, 0.25) is 5.02 Å². The summed E-state index contributed by atoms with van der Waals surface area (Å²) in [5, 5.41) is 13.6. The summed E-state index contributed by atoms with van der Waals surface area (Å²) in [6, 6.07) is 7.34. The number of halogens is 1. The van der Waals surface area contributed by atoms with Crippen molar-refractivity contribution in [3.05, 3.63) is 52.3 Å². The number of nitrogens with zero attached hydrogens (tertiary/aromatic N) is 1. The minimum atomic E-state index is -0.183. The molecular formula is C17H21ClN4O2. The van der Waals surface area contributed by atoms with Gasteiger partial charge in [0.15, 0.2) is 0 Å². The second-order valence-electron chi connectivity index (χ2n) is 5.83. The number of amides is 2. The van der Waals surface area contributed by atoms with Gasteiger partial charge in [-0.25, -0.2) is 4.79 Å². The molecule has 0 saturated carbocycles. The van der Waals surface area contributed by atoms with Gasteiger partial charge in [-0.3, -0.25) is 5.10 Å². The Balaban J connectivity index is 1.34. The average molecular weight is 349 g/mol. The van der Waals surface area contributed by atoms with Gasteiger partial charge in [0.1, 0.15) is 0 Å². The monoisotopic (exact) mass is 348 g/mol. The molecule has 6 nitrogen and oxygen atoms in total. The standard InChI is InChI=1S/C17H21ClN4O2/c18-14-6-4-12(5-7-14)11-24-9-8-19-17(23)21-15-3-1-2-13-10-20-22-16(13)15/h4-7,10,15H,1-3,8-9,11H2,(H,20,22)(H2,19,21,23)/t15-/m0/s1. The number of benzene rings is 1. The van der Waals surface area contributed by atoms with Crippen molar-refractivity contribution >= 4 is 17.6 Å². The largest absolute Gasteiger partial charge is 0.375 e. The average Bonchev–Trinajstić information content (AvgIpc) is 3.06. The van der Waals surface area contributed by atoms with Gasteiger partial charge in [0.05, 0.1) is 31.1 Å². The first-order valence-corrected chi connectivity index (χ1v) is 8.49. The van der Waals surface area contributed by atoms with Crippen molar-refractivity contribution in [3.63, 3.8) is 0 Å². The summed E-state index contributed by atoms with van der Waals surface area (Å²) in [6.45, 7) is 1.42. The van der Waals surface area contributed by atoms with E-state index in [9.17, 15) is 4.79 Å². The molecule has 0 unspecified atom stereocenters. The highest BCUT2D eigenvalue weighted by Gasteiger charge is 2.23. The second-order valence-corrected chi connectivity index (χ2v) is 6.27. The molecule has 0 fully saturated rings. The van der Waals surface area contributed by atoms with Gasteiger partial charge in [-0.2, -0.15) is 5.10 Å². The quantitative estimate of drug-likeness (QED) is 0.702. The van der Waals surface area contributed by atoms with E-state index in [1.54, 1.807) is 0 Å². The van der Waals surface area contributed by atoms with Gasteiger partial charge in [-0.1, -0.05) is 23.7 Å². The zero-order valence-electron chi connectivity index (χ0n) is 13.3. The van der Waals surface area contributed by atoms with E-state index in [0.29, 0.717) is 24.8 Å². The molecule has 0 bridgehead atoms. The van der Waals surface area contributed by atoms with Crippen LogP contribution in [0, 0.1) is 0 Å². The Morgan fingerprint density at radius 1 is 1.38 bits per heavy atom. The summed E-state index contributed by atoms with van der Waals surface area (Å²) in [7, 11) is 0. The molecule has 2 aromatic rings. The first kappa shape index (κ1) is 16.8. The number of fused-ring (bicyclic) bond motifs is 1. The van der Waals surface area contributed by atoms with E-state index in [0.717, 1.165) is 30.5 Å². The number of aromatic amines is 1. The molecule has 0 spiro atoms. The number of H-pyrrole nitrogens is 1. The third-order valence-electron chi connectivity index (χ3n) is 4.06. The van der Waals surface area contributed by atoms with E-state index in [4.69, 9.17) is 16.3 Å². The van der Waals surface area contributed by atoms with Crippen LogP contribution in [0.15, 0.2) is 30.5 Å². The molecule has 0 radical (unpaired) electrons. The number of hydrogen-bond donors (Lipinski definition) is 3. The first-order valence-electron chi connectivity index (χ1n) is 8.11. The number of aryl methyl sites for hydroxylation is 1. The molecule has 0 aliphatic heterocycles. The van der Waals surface area contributed by atoms with Crippen molar-refractivity contribution in [2.24, 2.45) is 0 Å². The van der Waals surface area contributed by atoms with Crippen molar-refractivity contribution in [2.75, 3.05) is 13.2 Å². The normalized spacial score (nSPS) is 16.5. The summed E-state index contributed by atoms with van der Waals surface area (Å²) < 4.78 is 5.54. The summed E-state index contributed by atoms with van der Waals surface area (Å²) in [5.74, 6) is 0.